The van der Waals surface area contributed by atoms with E-state index in [1.54, 1.807) is 11.0 Å². The van der Waals surface area contributed by atoms with Crippen LogP contribution < -0.4 is 5.73 Å². The molecule has 1 saturated heterocycles. The summed E-state index contributed by atoms with van der Waals surface area (Å²) in [5.74, 6) is -0.856. The molecule has 0 radical (unpaired) electrons. The van der Waals surface area contributed by atoms with Gasteiger partial charge in [-0.25, -0.2) is 8.42 Å². The number of nitrogens with two attached hydrogens (primary N) is 1. The Balaban J connectivity index is 2.16. The van der Waals surface area contributed by atoms with Crippen molar-refractivity contribution < 1.29 is 13.2 Å². The Kier molecular flexibility index (Phi) is 4.70. The van der Waals surface area contributed by atoms with Gasteiger partial charge in [-0.15, -0.1) is 0 Å². The molecule has 1 heterocycles. The summed E-state index contributed by atoms with van der Waals surface area (Å²) in [5, 5.41) is 0. The maximum atomic E-state index is 12.3. The third kappa shape index (κ3) is 3.52. The van der Waals surface area contributed by atoms with Crippen LogP contribution in [0.25, 0.3) is 0 Å². The second-order valence-corrected chi connectivity index (χ2v) is 7.76. The number of halogens is 1. The molecule has 0 saturated carbocycles. The van der Waals surface area contributed by atoms with Crippen LogP contribution in [0.15, 0.2) is 27.6 Å². The number of benzene rings is 1. The molecule has 5 nitrogen and oxygen atoms in total. The van der Waals surface area contributed by atoms with Crippen molar-refractivity contribution in [3.63, 3.8) is 0 Å². The number of hydrogen-bond donors (Lipinski definition) is 1. The minimum Gasteiger partial charge on any atom is -0.398 e. The van der Waals surface area contributed by atoms with Crippen molar-refractivity contribution in [1.82, 2.24) is 4.90 Å². The largest absolute Gasteiger partial charge is 0.398 e. The number of hydrogen-bond acceptors (Lipinski definition) is 4. The Morgan fingerprint density at radius 2 is 1.90 bits per heavy atom. The number of carbonyl (C=O) groups excluding carboxylic acids is 1. The third-order valence-electron chi connectivity index (χ3n) is 3.33. The van der Waals surface area contributed by atoms with Gasteiger partial charge in [-0.2, -0.15) is 0 Å². The van der Waals surface area contributed by atoms with Gasteiger partial charge in [0.2, 0.25) is 5.91 Å². The highest BCUT2D eigenvalue weighted by atomic mass is 79.9. The Bertz CT molecular complexity index is 610. The maximum Gasteiger partial charge on any atom is 0.238 e. The lowest BCUT2D eigenvalue weighted by Crippen LogP contribution is -2.39. The molecule has 20 heavy (non-hydrogen) atoms. The van der Waals surface area contributed by atoms with E-state index in [1.807, 2.05) is 0 Å². The summed E-state index contributed by atoms with van der Waals surface area (Å²) in [5.41, 5.74) is 5.89. The summed E-state index contributed by atoms with van der Waals surface area (Å²) in [6, 6.07) is 4.56. The predicted molar refractivity (Wildman–Crippen MR) is 81.0 cm³/mol. The van der Waals surface area contributed by atoms with E-state index >= 15 is 0 Å². The van der Waals surface area contributed by atoms with E-state index < -0.39 is 15.6 Å². The van der Waals surface area contributed by atoms with Gasteiger partial charge in [-0.1, -0.05) is 15.9 Å². The predicted octanol–water partition coefficient (Wildman–Crippen LogP) is 1.82. The van der Waals surface area contributed by atoms with Crippen molar-refractivity contribution in [2.24, 2.45) is 0 Å². The fraction of sp³-hybridized carbons (Fsp3) is 0.462. The molecule has 1 fully saturated rings. The molecule has 1 aliphatic heterocycles. The Morgan fingerprint density at radius 3 is 2.50 bits per heavy atom. The molecule has 1 aliphatic rings. The van der Waals surface area contributed by atoms with Crippen LogP contribution in [0.4, 0.5) is 5.69 Å². The molecule has 0 bridgehead atoms. The van der Waals surface area contributed by atoms with Crippen molar-refractivity contribution in [2.75, 3.05) is 24.6 Å². The Morgan fingerprint density at radius 1 is 1.25 bits per heavy atom. The summed E-state index contributed by atoms with van der Waals surface area (Å²) < 4.78 is 25.3. The smallest absolute Gasteiger partial charge is 0.238 e. The lowest BCUT2D eigenvalue weighted by molar-refractivity contribution is -0.129. The first-order valence-electron chi connectivity index (χ1n) is 6.46. The number of nitrogen functional groups attached to an aromatic ring is 1. The molecular weight excluding hydrogens is 344 g/mol. The van der Waals surface area contributed by atoms with E-state index in [1.165, 1.54) is 12.1 Å². The molecule has 1 aromatic carbocycles. The van der Waals surface area contributed by atoms with E-state index in [4.69, 9.17) is 5.73 Å². The van der Waals surface area contributed by atoms with Crippen LogP contribution in [0.1, 0.15) is 19.3 Å². The highest BCUT2D eigenvalue weighted by Gasteiger charge is 2.26. The summed E-state index contributed by atoms with van der Waals surface area (Å²) in [4.78, 5) is 13.7. The molecule has 2 rings (SSSR count). The molecule has 2 N–H and O–H groups in total. The van der Waals surface area contributed by atoms with E-state index in [0.29, 0.717) is 17.6 Å². The molecule has 0 unspecified atom stereocenters. The van der Waals surface area contributed by atoms with Crippen molar-refractivity contribution in [3.8, 4) is 0 Å². The molecule has 7 heteroatoms. The SMILES string of the molecule is Nc1cc(Br)ccc1S(=O)(=O)CC(=O)N1CCCCC1. The number of nitrogens with zero attached hydrogens (tertiary/aromatic N) is 1. The van der Waals surface area contributed by atoms with Crippen molar-refractivity contribution in [3.05, 3.63) is 22.7 Å². The van der Waals surface area contributed by atoms with Crippen LogP contribution in [0.3, 0.4) is 0 Å². The first kappa shape index (κ1) is 15.3. The Labute approximate surface area is 127 Å². The second-order valence-electron chi connectivity index (χ2n) is 4.88. The van der Waals surface area contributed by atoms with E-state index in [-0.39, 0.29) is 16.5 Å². The monoisotopic (exact) mass is 360 g/mol. The van der Waals surface area contributed by atoms with Gasteiger partial charge in [-0.05, 0) is 37.5 Å². The molecule has 1 amide bonds. The van der Waals surface area contributed by atoms with Gasteiger partial charge >= 0.3 is 0 Å². The van der Waals surface area contributed by atoms with Crippen LogP contribution in [0, 0.1) is 0 Å². The standard InChI is InChI=1S/C13H17BrN2O3S/c14-10-4-5-12(11(15)8-10)20(18,19)9-13(17)16-6-2-1-3-7-16/h4-5,8H,1-3,6-7,9,15H2. The van der Waals surface area contributed by atoms with E-state index in [9.17, 15) is 13.2 Å². The lowest BCUT2D eigenvalue weighted by Gasteiger charge is -2.26. The highest BCUT2D eigenvalue weighted by molar-refractivity contribution is 9.10. The van der Waals surface area contributed by atoms with Crippen LogP contribution in [0.2, 0.25) is 0 Å². The number of sulfone groups is 1. The summed E-state index contributed by atoms with van der Waals surface area (Å²) in [6.45, 7) is 1.29. The van der Waals surface area contributed by atoms with Crippen LogP contribution >= 0.6 is 15.9 Å². The van der Waals surface area contributed by atoms with Crippen LogP contribution in [-0.2, 0) is 14.6 Å². The zero-order valence-corrected chi connectivity index (χ0v) is 13.4. The molecule has 0 atom stereocenters. The topological polar surface area (TPSA) is 80.5 Å². The van der Waals surface area contributed by atoms with Gasteiger partial charge in [0.15, 0.2) is 9.84 Å². The number of piperidine rings is 1. The van der Waals surface area contributed by atoms with Crippen molar-refractivity contribution >= 4 is 37.4 Å². The summed E-state index contributed by atoms with van der Waals surface area (Å²) in [6.07, 6.45) is 2.97. The number of rotatable bonds is 3. The van der Waals surface area contributed by atoms with E-state index in [0.717, 1.165) is 19.3 Å². The molecule has 0 aromatic heterocycles. The number of likely N-dealkylation sites (tertiary alicyclic amines) is 1. The minimum atomic E-state index is -3.69. The Hall–Kier alpha value is -1.08. The molecule has 1 aromatic rings. The van der Waals surface area contributed by atoms with Gasteiger partial charge in [-0.3, -0.25) is 4.79 Å². The molecule has 0 aliphatic carbocycles. The van der Waals surface area contributed by atoms with Crippen LogP contribution in [0.5, 0.6) is 0 Å². The second kappa shape index (κ2) is 6.13. The first-order chi connectivity index (χ1) is 9.40. The maximum absolute atomic E-state index is 12.3. The van der Waals surface area contributed by atoms with Gasteiger partial charge in [0.05, 0.1) is 10.6 Å². The zero-order valence-electron chi connectivity index (χ0n) is 11.0. The molecule has 110 valence electrons. The van der Waals surface area contributed by atoms with Crippen molar-refractivity contribution in [1.29, 1.82) is 0 Å². The molecule has 0 spiro atoms. The summed E-state index contributed by atoms with van der Waals surface area (Å²) in [7, 11) is -3.69. The average Bonchev–Trinajstić information content (AvgIpc) is 2.38. The zero-order chi connectivity index (χ0) is 14.8. The fourth-order valence-corrected chi connectivity index (χ4v) is 4.01. The first-order valence-corrected chi connectivity index (χ1v) is 8.90. The third-order valence-corrected chi connectivity index (χ3v) is 5.49. The average molecular weight is 361 g/mol. The quantitative estimate of drug-likeness (QED) is 0.833. The van der Waals surface area contributed by atoms with Gasteiger partial charge in [0, 0.05) is 17.6 Å². The van der Waals surface area contributed by atoms with Gasteiger partial charge in [0.25, 0.3) is 0 Å². The van der Waals surface area contributed by atoms with Gasteiger partial charge < -0.3 is 10.6 Å². The fourth-order valence-electron chi connectivity index (χ4n) is 2.28. The molecular formula is C13H17BrN2O3S. The van der Waals surface area contributed by atoms with Crippen LogP contribution in [-0.4, -0.2) is 38.1 Å². The highest BCUT2D eigenvalue weighted by Crippen LogP contribution is 2.24. The normalized spacial score (nSPS) is 16.1. The lowest BCUT2D eigenvalue weighted by atomic mass is 10.1. The summed E-state index contributed by atoms with van der Waals surface area (Å²) >= 11 is 3.23. The van der Waals surface area contributed by atoms with Crippen molar-refractivity contribution in [2.45, 2.75) is 24.2 Å². The number of anilines is 1. The minimum absolute atomic E-state index is 0.0195. The van der Waals surface area contributed by atoms with Gasteiger partial charge in [0.1, 0.15) is 5.75 Å². The number of amides is 1. The van der Waals surface area contributed by atoms with E-state index in [2.05, 4.69) is 15.9 Å². The number of carbonyl (C=O) groups is 1.